The number of fused-ring (bicyclic) bond motifs is 1. The van der Waals surface area contributed by atoms with Crippen molar-refractivity contribution in [3.63, 3.8) is 0 Å². The number of rotatable bonds is 0. The molecule has 1 heterocycles. The standard InChI is InChI=1S/C20H28O5/c1-11-14(22)18-7-4-12-16(2)6-5-13(21)20(12,25-15(16)23)17(18,3)8-9-19(11,24)10-18/h11-13,21,24H,4-10H2,1-3H3. The fraction of sp³-hybridized carbons (Fsp3) is 0.900. The molecular formula is C20H28O5. The quantitative estimate of drug-likeness (QED) is 0.654. The molecule has 1 saturated heterocycles. The van der Waals surface area contributed by atoms with E-state index in [1.807, 2.05) is 13.8 Å². The monoisotopic (exact) mass is 348 g/mol. The predicted molar refractivity (Wildman–Crippen MR) is 88.4 cm³/mol. The van der Waals surface area contributed by atoms with Crippen molar-refractivity contribution in [3.8, 4) is 0 Å². The van der Waals surface area contributed by atoms with Gasteiger partial charge in [-0.25, -0.2) is 0 Å². The van der Waals surface area contributed by atoms with Crippen molar-refractivity contribution in [2.75, 3.05) is 0 Å². The van der Waals surface area contributed by atoms with Crippen LogP contribution in [0, 0.1) is 28.1 Å². The predicted octanol–water partition coefficient (Wildman–Crippen LogP) is 1.98. The Kier molecular flexibility index (Phi) is 2.69. The van der Waals surface area contributed by atoms with Crippen molar-refractivity contribution in [2.24, 2.45) is 28.1 Å². The number of carbonyl (C=O) groups is 2. The summed E-state index contributed by atoms with van der Waals surface area (Å²) in [7, 11) is 0. The fourth-order valence-corrected chi connectivity index (χ4v) is 7.93. The molecule has 8 unspecified atom stereocenters. The first-order valence-electron chi connectivity index (χ1n) is 9.76. The first-order chi connectivity index (χ1) is 11.6. The Morgan fingerprint density at radius 3 is 2.52 bits per heavy atom. The van der Waals surface area contributed by atoms with E-state index in [0.717, 1.165) is 0 Å². The Morgan fingerprint density at radius 1 is 1.08 bits per heavy atom. The van der Waals surface area contributed by atoms with Gasteiger partial charge >= 0.3 is 5.97 Å². The zero-order valence-corrected chi connectivity index (χ0v) is 15.3. The van der Waals surface area contributed by atoms with Gasteiger partial charge < -0.3 is 14.9 Å². The van der Waals surface area contributed by atoms with Crippen molar-refractivity contribution < 1.29 is 24.5 Å². The molecule has 5 heteroatoms. The molecule has 8 atom stereocenters. The fourth-order valence-electron chi connectivity index (χ4n) is 7.93. The van der Waals surface area contributed by atoms with E-state index in [4.69, 9.17) is 4.74 Å². The minimum Gasteiger partial charge on any atom is -0.455 e. The van der Waals surface area contributed by atoms with Gasteiger partial charge in [0.1, 0.15) is 11.4 Å². The molecule has 2 N–H and O–H groups in total. The van der Waals surface area contributed by atoms with Crippen LogP contribution in [-0.4, -0.2) is 39.3 Å². The second-order valence-corrected chi connectivity index (χ2v) is 10.0. The van der Waals surface area contributed by atoms with Crippen LogP contribution in [-0.2, 0) is 14.3 Å². The highest BCUT2D eigenvalue weighted by Crippen LogP contribution is 2.77. The van der Waals surface area contributed by atoms with E-state index in [1.165, 1.54) is 0 Å². The highest BCUT2D eigenvalue weighted by molar-refractivity contribution is 5.93. The molecule has 1 spiro atoms. The molecule has 0 radical (unpaired) electrons. The SMILES string of the molecule is CC1C(=O)C23CCC4C5(C)CCC(O)C4(OC5=O)C2(C)CCC1(O)C3. The lowest BCUT2D eigenvalue weighted by atomic mass is 9.39. The summed E-state index contributed by atoms with van der Waals surface area (Å²) in [6, 6.07) is 0. The van der Waals surface area contributed by atoms with Crippen LogP contribution in [0.1, 0.15) is 65.7 Å². The number of hydrogen-bond donors (Lipinski definition) is 2. The lowest BCUT2D eigenvalue weighted by molar-refractivity contribution is -0.263. The third kappa shape index (κ3) is 1.35. The van der Waals surface area contributed by atoms with Crippen molar-refractivity contribution in [1.29, 1.82) is 0 Å². The molecule has 5 fully saturated rings. The number of Topliss-reactive ketones (excluding diaryl/α,β-unsaturated/α-hetero) is 1. The molecule has 0 aromatic carbocycles. The van der Waals surface area contributed by atoms with Gasteiger partial charge in [-0.2, -0.15) is 0 Å². The Hall–Kier alpha value is -0.940. The van der Waals surface area contributed by atoms with Gasteiger partial charge in [0.2, 0.25) is 0 Å². The molecule has 1 aliphatic heterocycles. The lowest BCUT2D eigenvalue weighted by Gasteiger charge is -2.65. The number of ether oxygens (including phenoxy) is 1. The van der Waals surface area contributed by atoms with Gasteiger partial charge in [0.15, 0.2) is 0 Å². The van der Waals surface area contributed by atoms with Crippen LogP contribution in [0.3, 0.4) is 0 Å². The van der Waals surface area contributed by atoms with E-state index in [0.29, 0.717) is 44.9 Å². The summed E-state index contributed by atoms with van der Waals surface area (Å²) in [4.78, 5) is 26.2. The largest absolute Gasteiger partial charge is 0.455 e. The number of esters is 1. The summed E-state index contributed by atoms with van der Waals surface area (Å²) < 4.78 is 6.10. The summed E-state index contributed by atoms with van der Waals surface area (Å²) in [6.45, 7) is 5.88. The number of hydrogen-bond acceptors (Lipinski definition) is 5. The summed E-state index contributed by atoms with van der Waals surface area (Å²) in [6.07, 6.45) is 3.48. The minimum atomic E-state index is -0.976. The third-order valence-corrected chi connectivity index (χ3v) is 9.56. The topological polar surface area (TPSA) is 83.8 Å². The van der Waals surface area contributed by atoms with Crippen LogP contribution < -0.4 is 0 Å². The van der Waals surface area contributed by atoms with Gasteiger partial charge in [-0.05, 0) is 51.9 Å². The molecule has 5 rings (SSSR count). The zero-order valence-electron chi connectivity index (χ0n) is 15.3. The maximum absolute atomic E-state index is 13.4. The smallest absolute Gasteiger partial charge is 0.312 e. The normalized spacial score (nSPS) is 62.4. The van der Waals surface area contributed by atoms with Crippen LogP contribution in [0.5, 0.6) is 0 Å². The van der Waals surface area contributed by atoms with Gasteiger partial charge in [-0.3, -0.25) is 9.59 Å². The second-order valence-electron chi connectivity index (χ2n) is 10.0. The van der Waals surface area contributed by atoms with E-state index in [1.54, 1.807) is 0 Å². The van der Waals surface area contributed by atoms with Crippen molar-refractivity contribution in [3.05, 3.63) is 0 Å². The molecule has 0 aromatic heterocycles. The van der Waals surface area contributed by atoms with Gasteiger partial charge in [-0.1, -0.05) is 13.8 Å². The first kappa shape index (κ1) is 16.2. The van der Waals surface area contributed by atoms with E-state index < -0.39 is 33.6 Å². The number of ketones is 1. The molecule has 0 amide bonds. The molecule has 4 saturated carbocycles. The number of carbonyl (C=O) groups excluding carboxylic acids is 2. The van der Waals surface area contributed by atoms with Crippen LogP contribution in [0.4, 0.5) is 0 Å². The van der Waals surface area contributed by atoms with Crippen LogP contribution in [0.15, 0.2) is 0 Å². The minimum absolute atomic E-state index is 0.0400. The van der Waals surface area contributed by atoms with Crippen molar-refractivity contribution in [2.45, 2.75) is 83.0 Å². The highest BCUT2D eigenvalue weighted by Gasteiger charge is 2.83. The maximum Gasteiger partial charge on any atom is 0.312 e. The average Bonchev–Trinajstić information content (AvgIpc) is 2.85. The summed E-state index contributed by atoms with van der Waals surface area (Å²) in [5, 5.41) is 22.2. The summed E-state index contributed by atoms with van der Waals surface area (Å²) in [5.41, 5.74) is -3.75. The molecule has 4 bridgehead atoms. The zero-order chi connectivity index (χ0) is 18.0. The molecule has 4 aliphatic carbocycles. The first-order valence-corrected chi connectivity index (χ1v) is 9.76. The summed E-state index contributed by atoms with van der Waals surface area (Å²) >= 11 is 0. The lowest BCUT2D eigenvalue weighted by Crippen LogP contribution is -2.71. The van der Waals surface area contributed by atoms with E-state index in [9.17, 15) is 19.8 Å². The van der Waals surface area contributed by atoms with Crippen LogP contribution in [0.25, 0.3) is 0 Å². The highest BCUT2D eigenvalue weighted by atomic mass is 16.6. The Morgan fingerprint density at radius 2 is 1.80 bits per heavy atom. The van der Waals surface area contributed by atoms with Crippen molar-refractivity contribution in [1.82, 2.24) is 0 Å². The second kappa shape index (κ2) is 4.14. The summed E-state index contributed by atoms with van der Waals surface area (Å²) in [5.74, 6) is -0.509. The number of aliphatic hydroxyl groups excluding tert-OH is 1. The van der Waals surface area contributed by atoms with E-state index in [-0.39, 0.29) is 23.6 Å². The third-order valence-electron chi connectivity index (χ3n) is 9.56. The molecule has 138 valence electrons. The molecule has 5 nitrogen and oxygen atoms in total. The van der Waals surface area contributed by atoms with Gasteiger partial charge in [0.05, 0.1) is 17.1 Å². The maximum atomic E-state index is 13.4. The Balaban J connectivity index is 1.75. The Bertz CT molecular complexity index is 704. The van der Waals surface area contributed by atoms with Gasteiger partial charge in [0.25, 0.3) is 0 Å². The van der Waals surface area contributed by atoms with Crippen molar-refractivity contribution >= 4 is 11.8 Å². The Labute approximate surface area is 148 Å². The van der Waals surface area contributed by atoms with Gasteiger partial charge in [-0.15, -0.1) is 0 Å². The van der Waals surface area contributed by atoms with Crippen LogP contribution in [0.2, 0.25) is 0 Å². The molecule has 5 aliphatic rings. The van der Waals surface area contributed by atoms with Gasteiger partial charge in [0, 0.05) is 22.7 Å². The molecule has 0 aromatic rings. The molecule has 25 heavy (non-hydrogen) atoms. The molecular weight excluding hydrogens is 320 g/mol. The van der Waals surface area contributed by atoms with E-state index in [2.05, 4.69) is 6.92 Å². The number of aliphatic hydroxyl groups is 2. The average molecular weight is 348 g/mol. The van der Waals surface area contributed by atoms with Crippen LogP contribution >= 0.6 is 0 Å². The van der Waals surface area contributed by atoms with E-state index >= 15 is 0 Å².